The number of rotatable bonds is 3. The summed E-state index contributed by atoms with van der Waals surface area (Å²) in [6, 6.07) is 14.9. The van der Waals surface area contributed by atoms with Crippen molar-refractivity contribution >= 4 is 5.78 Å². The van der Waals surface area contributed by atoms with Crippen molar-refractivity contribution in [3.8, 4) is 0 Å². The summed E-state index contributed by atoms with van der Waals surface area (Å²) in [4.78, 5) is 11.7. The van der Waals surface area contributed by atoms with Crippen molar-refractivity contribution in [1.29, 1.82) is 0 Å². The minimum atomic E-state index is -1.17. The lowest BCUT2D eigenvalue weighted by atomic mass is 9.84. The molecular weight excluding hydrogens is 236 g/mol. The van der Waals surface area contributed by atoms with Crippen LogP contribution in [0, 0.1) is 6.92 Å². The molecule has 0 aromatic heterocycles. The highest BCUT2D eigenvalue weighted by molar-refractivity contribution is 5.96. The third-order valence-electron chi connectivity index (χ3n) is 3.44. The number of aliphatic hydroxyl groups is 1. The van der Waals surface area contributed by atoms with Crippen LogP contribution in [0.3, 0.4) is 0 Å². The normalized spacial score (nSPS) is 13.9. The van der Waals surface area contributed by atoms with Gasteiger partial charge in [0.2, 0.25) is 0 Å². The maximum Gasteiger partial charge on any atom is 0.160 e. The zero-order valence-electron chi connectivity index (χ0n) is 11.5. The first-order valence-corrected chi connectivity index (χ1v) is 6.33. The minimum Gasteiger partial charge on any atom is -0.381 e. The van der Waals surface area contributed by atoms with Crippen LogP contribution in [0.2, 0.25) is 0 Å². The summed E-state index contributed by atoms with van der Waals surface area (Å²) in [6.07, 6.45) is 0. The molecule has 0 aliphatic heterocycles. The molecule has 0 aliphatic rings. The van der Waals surface area contributed by atoms with E-state index >= 15 is 0 Å². The van der Waals surface area contributed by atoms with Crippen LogP contribution in [0.1, 0.15) is 40.9 Å². The number of hydrogen-bond donors (Lipinski definition) is 1. The Morgan fingerprint density at radius 1 is 1.05 bits per heavy atom. The molecule has 0 bridgehead atoms. The zero-order chi connectivity index (χ0) is 14.0. The van der Waals surface area contributed by atoms with Gasteiger partial charge in [-0.3, -0.25) is 4.79 Å². The molecule has 2 heteroatoms. The number of carbonyl (C=O) groups is 1. The number of carbonyl (C=O) groups excluding carboxylic acids is 1. The topological polar surface area (TPSA) is 37.3 Å². The second kappa shape index (κ2) is 4.98. The highest BCUT2D eigenvalue weighted by atomic mass is 16.3. The molecule has 0 saturated heterocycles. The number of benzene rings is 2. The Morgan fingerprint density at radius 3 is 2.21 bits per heavy atom. The highest BCUT2D eigenvalue weighted by Crippen LogP contribution is 2.31. The minimum absolute atomic E-state index is 0.0389. The van der Waals surface area contributed by atoms with Crippen LogP contribution < -0.4 is 0 Å². The van der Waals surface area contributed by atoms with Crippen molar-refractivity contribution in [2.45, 2.75) is 26.4 Å². The van der Waals surface area contributed by atoms with Crippen molar-refractivity contribution in [2.24, 2.45) is 0 Å². The van der Waals surface area contributed by atoms with E-state index < -0.39 is 5.60 Å². The van der Waals surface area contributed by atoms with Crippen molar-refractivity contribution in [3.05, 3.63) is 70.8 Å². The second-order valence-corrected chi connectivity index (χ2v) is 5.04. The van der Waals surface area contributed by atoms with Gasteiger partial charge in [-0.1, -0.05) is 54.1 Å². The summed E-state index contributed by atoms with van der Waals surface area (Å²) >= 11 is 0. The van der Waals surface area contributed by atoms with Gasteiger partial charge in [-0.05, 0) is 31.9 Å². The fraction of sp³-hybridized carbons (Fsp3) is 0.235. The molecule has 1 unspecified atom stereocenters. The highest BCUT2D eigenvalue weighted by Gasteiger charge is 2.28. The number of ketones is 1. The molecule has 0 spiro atoms. The molecule has 2 rings (SSSR count). The average Bonchev–Trinajstić information content (AvgIpc) is 2.39. The van der Waals surface area contributed by atoms with Gasteiger partial charge in [0, 0.05) is 5.56 Å². The average molecular weight is 254 g/mol. The summed E-state index contributed by atoms with van der Waals surface area (Å²) in [6.45, 7) is 5.24. The predicted molar refractivity (Wildman–Crippen MR) is 76.3 cm³/mol. The first-order chi connectivity index (χ1) is 8.93. The third kappa shape index (κ3) is 2.59. The van der Waals surface area contributed by atoms with Crippen LogP contribution in [-0.2, 0) is 5.60 Å². The lowest BCUT2D eigenvalue weighted by Gasteiger charge is -2.26. The molecule has 98 valence electrons. The predicted octanol–water partition coefficient (Wildman–Crippen LogP) is 3.45. The Balaban J connectivity index is 2.56. The lowest BCUT2D eigenvalue weighted by molar-refractivity contribution is 0.0933. The molecule has 0 amide bonds. The Bertz CT molecular complexity index is 595. The van der Waals surface area contributed by atoms with E-state index in [1.807, 2.05) is 43.3 Å². The SMILES string of the molecule is CC(=O)c1ccccc1C(C)(O)c1ccc(C)cc1. The first-order valence-electron chi connectivity index (χ1n) is 6.33. The van der Waals surface area contributed by atoms with Crippen LogP contribution in [0.4, 0.5) is 0 Å². The summed E-state index contributed by atoms with van der Waals surface area (Å²) in [7, 11) is 0. The summed E-state index contributed by atoms with van der Waals surface area (Å²) < 4.78 is 0. The largest absolute Gasteiger partial charge is 0.381 e. The van der Waals surface area contributed by atoms with E-state index in [1.54, 1.807) is 19.1 Å². The molecule has 0 saturated carbocycles. The molecule has 0 radical (unpaired) electrons. The van der Waals surface area contributed by atoms with Gasteiger partial charge < -0.3 is 5.11 Å². The maximum atomic E-state index is 11.7. The smallest absolute Gasteiger partial charge is 0.160 e. The van der Waals surface area contributed by atoms with E-state index in [0.29, 0.717) is 11.1 Å². The number of hydrogen-bond acceptors (Lipinski definition) is 2. The number of aryl methyl sites for hydroxylation is 1. The van der Waals surface area contributed by atoms with E-state index in [1.165, 1.54) is 6.92 Å². The molecule has 0 fully saturated rings. The Kier molecular flexibility index (Phi) is 3.54. The second-order valence-electron chi connectivity index (χ2n) is 5.04. The lowest BCUT2D eigenvalue weighted by Crippen LogP contribution is -2.25. The molecule has 1 N–H and O–H groups in total. The molecule has 19 heavy (non-hydrogen) atoms. The van der Waals surface area contributed by atoms with Crippen LogP contribution in [0.15, 0.2) is 48.5 Å². The molecular formula is C17H18O2. The molecule has 0 aliphatic carbocycles. The fourth-order valence-corrected chi connectivity index (χ4v) is 2.25. The molecule has 2 nitrogen and oxygen atoms in total. The van der Waals surface area contributed by atoms with Gasteiger partial charge in [-0.2, -0.15) is 0 Å². The van der Waals surface area contributed by atoms with Crippen LogP contribution in [-0.4, -0.2) is 10.9 Å². The van der Waals surface area contributed by atoms with Gasteiger partial charge >= 0.3 is 0 Å². The monoisotopic (exact) mass is 254 g/mol. The van der Waals surface area contributed by atoms with E-state index in [4.69, 9.17) is 0 Å². The van der Waals surface area contributed by atoms with Crippen molar-refractivity contribution in [2.75, 3.05) is 0 Å². The quantitative estimate of drug-likeness (QED) is 0.852. The van der Waals surface area contributed by atoms with Gasteiger partial charge in [0.1, 0.15) is 5.60 Å². The summed E-state index contributed by atoms with van der Waals surface area (Å²) in [5, 5.41) is 10.8. The maximum absolute atomic E-state index is 11.7. The van der Waals surface area contributed by atoms with Crippen molar-refractivity contribution in [1.82, 2.24) is 0 Å². The molecule has 0 heterocycles. The Hall–Kier alpha value is -1.93. The Labute approximate surface area is 113 Å². The standard InChI is InChI=1S/C17H18O2/c1-12-8-10-14(11-9-12)17(3,19)16-7-5-4-6-15(16)13(2)18/h4-11,19H,1-3H3. The summed E-state index contributed by atoms with van der Waals surface area (Å²) in [5.74, 6) is -0.0389. The van der Waals surface area contributed by atoms with Gasteiger partial charge in [0.15, 0.2) is 5.78 Å². The third-order valence-corrected chi connectivity index (χ3v) is 3.44. The molecule has 2 aromatic rings. The van der Waals surface area contributed by atoms with Gasteiger partial charge in [-0.25, -0.2) is 0 Å². The van der Waals surface area contributed by atoms with E-state index in [2.05, 4.69) is 0 Å². The van der Waals surface area contributed by atoms with Gasteiger partial charge in [0.25, 0.3) is 0 Å². The Morgan fingerprint density at radius 2 is 1.63 bits per heavy atom. The van der Waals surface area contributed by atoms with Gasteiger partial charge in [0.05, 0.1) is 0 Å². The van der Waals surface area contributed by atoms with Crippen LogP contribution in [0.5, 0.6) is 0 Å². The first kappa shape index (κ1) is 13.5. The fourth-order valence-electron chi connectivity index (χ4n) is 2.25. The zero-order valence-corrected chi connectivity index (χ0v) is 11.5. The molecule has 1 atom stereocenters. The van der Waals surface area contributed by atoms with E-state index in [-0.39, 0.29) is 5.78 Å². The number of Topliss-reactive ketones (excluding diaryl/α,β-unsaturated/α-hetero) is 1. The molecule has 2 aromatic carbocycles. The van der Waals surface area contributed by atoms with E-state index in [9.17, 15) is 9.90 Å². The van der Waals surface area contributed by atoms with E-state index in [0.717, 1.165) is 11.1 Å². The van der Waals surface area contributed by atoms with Crippen molar-refractivity contribution < 1.29 is 9.90 Å². The van der Waals surface area contributed by atoms with Gasteiger partial charge in [-0.15, -0.1) is 0 Å². The van der Waals surface area contributed by atoms with Crippen molar-refractivity contribution in [3.63, 3.8) is 0 Å². The van der Waals surface area contributed by atoms with Crippen LogP contribution in [0.25, 0.3) is 0 Å². The summed E-state index contributed by atoms with van der Waals surface area (Å²) in [5.41, 5.74) is 1.96. The van der Waals surface area contributed by atoms with Crippen LogP contribution >= 0.6 is 0 Å².